The van der Waals surface area contributed by atoms with Crippen molar-refractivity contribution in [3.05, 3.63) is 23.8 Å². The Labute approximate surface area is 134 Å². The quantitative estimate of drug-likeness (QED) is 0.501. The standard InChI is InChI=1S/C15H19N3O3S/c1-10(11-4-5-13-14(7-11)21-9-20-13)17-18-15(22)16-8-12-3-2-6-19-12/h4-5,7,12H,2-3,6,8-9H2,1H3,(H2,16,18,22)/b17-10-/t12-/m1/s1. The van der Waals surface area contributed by atoms with Gasteiger partial charge in [0.05, 0.1) is 11.8 Å². The number of rotatable bonds is 4. The van der Waals surface area contributed by atoms with Gasteiger partial charge in [0.15, 0.2) is 16.6 Å². The summed E-state index contributed by atoms with van der Waals surface area (Å²) in [6, 6.07) is 5.73. The summed E-state index contributed by atoms with van der Waals surface area (Å²) in [4.78, 5) is 0. The third kappa shape index (κ3) is 3.66. The molecule has 1 aromatic rings. The Kier molecular flexibility index (Phi) is 4.74. The van der Waals surface area contributed by atoms with E-state index >= 15 is 0 Å². The summed E-state index contributed by atoms with van der Waals surface area (Å²) in [5.74, 6) is 1.50. The van der Waals surface area contributed by atoms with Crippen molar-refractivity contribution in [1.82, 2.24) is 10.7 Å². The van der Waals surface area contributed by atoms with Gasteiger partial charge >= 0.3 is 0 Å². The Morgan fingerprint density at radius 1 is 1.36 bits per heavy atom. The zero-order chi connectivity index (χ0) is 15.4. The first-order valence-electron chi connectivity index (χ1n) is 7.32. The first-order chi connectivity index (χ1) is 10.7. The van der Waals surface area contributed by atoms with Gasteiger partial charge < -0.3 is 19.5 Å². The normalized spacial score (nSPS) is 20.0. The van der Waals surface area contributed by atoms with Crippen LogP contribution in [-0.4, -0.2) is 36.9 Å². The van der Waals surface area contributed by atoms with Crippen molar-refractivity contribution >= 4 is 23.0 Å². The minimum atomic E-state index is 0.249. The number of hydrogen-bond acceptors (Lipinski definition) is 5. The second-order valence-corrected chi connectivity index (χ2v) is 5.63. The van der Waals surface area contributed by atoms with Gasteiger partial charge in [-0.25, -0.2) is 0 Å². The summed E-state index contributed by atoms with van der Waals surface area (Å²) in [6.45, 7) is 3.73. The molecule has 0 unspecified atom stereocenters. The van der Waals surface area contributed by atoms with Crippen LogP contribution in [0.3, 0.4) is 0 Å². The van der Waals surface area contributed by atoms with Crippen molar-refractivity contribution in [3.63, 3.8) is 0 Å². The molecule has 0 amide bonds. The van der Waals surface area contributed by atoms with Gasteiger partial charge in [0.1, 0.15) is 0 Å². The minimum absolute atomic E-state index is 0.249. The highest BCUT2D eigenvalue weighted by molar-refractivity contribution is 7.80. The Morgan fingerprint density at radius 2 is 2.23 bits per heavy atom. The van der Waals surface area contributed by atoms with E-state index < -0.39 is 0 Å². The Hall–Kier alpha value is -1.86. The molecular weight excluding hydrogens is 302 g/mol. The van der Waals surface area contributed by atoms with Crippen LogP contribution in [0.15, 0.2) is 23.3 Å². The maximum Gasteiger partial charge on any atom is 0.231 e. The van der Waals surface area contributed by atoms with E-state index in [2.05, 4.69) is 15.8 Å². The van der Waals surface area contributed by atoms with Gasteiger partial charge in [-0.1, -0.05) is 0 Å². The maximum absolute atomic E-state index is 5.53. The van der Waals surface area contributed by atoms with E-state index in [1.54, 1.807) is 0 Å². The molecule has 1 atom stereocenters. The first-order valence-corrected chi connectivity index (χ1v) is 7.73. The molecule has 0 aliphatic carbocycles. The van der Waals surface area contributed by atoms with Gasteiger partial charge in [0.2, 0.25) is 6.79 Å². The van der Waals surface area contributed by atoms with Crippen molar-refractivity contribution in [3.8, 4) is 11.5 Å². The molecule has 1 saturated heterocycles. The number of benzene rings is 1. The summed E-state index contributed by atoms with van der Waals surface area (Å²) in [6.07, 6.45) is 2.45. The number of hydrazone groups is 1. The summed E-state index contributed by atoms with van der Waals surface area (Å²) in [5, 5.41) is 7.90. The summed E-state index contributed by atoms with van der Waals surface area (Å²) in [5.41, 5.74) is 4.63. The zero-order valence-corrected chi connectivity index (χ0v) is 13.2. The predicted molar refractivity (Wildman–Crippen MR) is 87.5 cm³/mol. The third-order valence-corrected chi connectivity index (χ3v) is 3.87. The molecular formula is C15H19N3O3S. The van der Waals surface area contributed by atoms with Crippen LogP contribution >= 0.6 is 12.2 Å². The van der Waals surface area contributed by atoms with Gasteiger partial charge in [0, 0.05) is 18.7 Å². The summed E-state index contributed by atoms with van der Waals surface area (Å²) >= 11 is 5.21. The molecule has 118 valence electrons. The van der Waals surface area contributed by atoms with Gasteiger partial charge in [-0.3, -0.25) is 5.43 Å². The van der Waals surface area contributed by atoms with Crippen LogP contribution in [0, 0.1) is 0 Å². The number of hydrogen-bond donors (Lipinski definition) is 2. The zero-order valence-electron chi connectivity index (χ0n) is 12.4. The Balaban J connectivity index is 1.51. The van der Waals surface area contributed by atoms with E-state index in [4.69, 9.17) is 26.4 Å². The molecule has 6 nitrogen and oxygen atoms in total. The molecule has 3 rings (SSSR count). The van der Waals surface area contributed by atoms with Crippen molar-refractivity contribution < 1.29 is 14.2 Å². The Morgan fingerprint density at radius 3 is 3.05 bits per heavy atom. The van der Waals surface area contributed by atoms with E-state index in [9.17, 15) is 0 Å². The minimum Gasteiger partial charge on any atom is -0.454 e. The van der Waals surface area contributed by atoms with E-state index in [-0.39, 0.29) is 12.9 Å². The van der Waals surface area contributed by atoms with Crippen LogP contribution in [0.25, 0.3) is 0 Å². The molecule has 0 aromatic heterocycles. The predicted octanol–water partition coefficient (Wildman–Crippen LogP) is 1.78. The van der Waals surface area contributed by atoms with Crippen LogP contribution in [0.1, 0.15) is 25.3 Å². The topological polar surface area (TPSA) is 64.1 Å². The lowest BCUT2D eigenvalue weighted by Gasteiger charge is -2.12. The Bertz CT molecular complexity index is 585. The van der Waals surface area contributed by atoms with Crippen LogP contribution < -0.4 is 20.2 Å². The molecule has 1 aromatic carbocycles. The average Bonchev–Trinajstić information content (AvgIpc) is 3.20. The smallest absolute Gasteiger partial charge is 0.231 e. The van der Waals surface area contributed by atoms with Gasteiger partial charge in [-0.05, 0) is 50.2 Å². The van der Waals surface area contributed by atoms with Gasteiger partial charge in [0.25, 0.3) is 0 Å². The molecule has 2 heterocycles. The average molecular weight is 321 g/mol. The highest BCUT2D eigenvalue weighted by atomic mass is 32.1. The molecule has 2 N–H and O–H groups in total. The fraction of sp³-hybridized carbons (Fsp3) is 0.467. The van der Waals surface area contributed by atoms with Crippen LogP contribution in [0.5, 0.6) is 11.5 Å². The van der Waals surface area contributed by atoms with Crippen molar-refractivity contribution in [1.29, 1.82) is 0 Å². The number of thiocarbonyl (C=S) groups is 1. The fourth-order valence-corrected chi connectivity index (χ4v) is 2.50. The number of fused-ring (bicyclic) bond motifs is 1. The lowest BCUT2D eigenvalue weighted by atomic mass is 10.1. The molecule has 0 radical (unpaired) electrons. The molecule has 7 heteroatoms. The van der Waals surface area contributed by atoms with E-state index in [0.29, 0.717) is 11.7 Å². The van der Waals surface area contributed by atoms with Gasteiger partial charge in [-0.15, -0.1) is 0 Å². The molecule has 22 heavy (non-hydrogen) atoms. The molecule has 0 saturated carbocycles. The largest absolute Gasteiger partial charge is 0.454 e. The van der Waals surface area contributed by atoms with Crippen molar-refractivity contribution in [2.45, 2.75) is 25.9 Å². The van der Waals surface area contributed by atoms with Crippen LogP contribution in [-0.2, 0) is 4.74 Å². The molecule has 2 aliphatic rings. The molecule has 0 spiro atoms. The third-order valence-electron chi connectivity index (χ3n) is 3.63. The molecule has 2 aliphatic heterocycles. The van der Waals surface area contributed by atoms with Crippen LogP contribution in [0.2, 0.25) is 0 Å². The number of nitrogens with zero attached hydrogens (tertiary/aromatic N) is 1. The highest BCUT2D eigenvalue weighted by Crippen LogP contribution is 2.32. The monoisotopic (exact) mass is 321 g/mol. The SMILES string of the molecule is C/C(=N/NC(=S)NC[C@H]1CCCO1)c1ccc2c(c1)OCO2. The van der Waals surface area contributed by atoms with Gasteiger partial charge in [-0.2, -0.15) is 5.10 Å². The number of ether oxygens (including phenoxy) is 3. The lowest BCUT2D eigenvalue weighted by Crippen LogP contribution is -2.37. The lowest BCUT2D eigenvalue weighted by molar-refractivity contribution is 0.114. The van der Waals surface area contributed by atoms with E-state index in [1.807, 2.05) is 25.1 Å². The van der Waals surface area contributed by atoms with Crippen molar-refractivity contribution in [2.24, 2.45) is 5.10 Å². The highest BCUT2D eigenvalue weighted by Gasteiger charge is 2.15. The number of nitrogens with one attached hydrogen (secondary N) is 2. The van der Waals surface area contributed by atoms with E-state index in [0.717, 1.165) is 42.2 Å². The second kappa shape index (κ2) is 6.93. The summed E-state index contributed by atoms with van der Waals surface area (Å²) < 4.78 is 16.2. The molecule has 0 bridgehead atoms. The van der Waals surface area contributed by atoms with Crippen molar-refractivity contribution in [2.75, 3.05) is 19.9 Å². The second-order valence-electron chi connectivity index (χ2n) is 5.22. The van der Waals surface area contributed by atoms with Crippen LogP contribution in [0.4, 0.5) is 0 Å². The molecule has 1 fully saturated rings. The maximum atomic E-state index is 5.53. The summed E-state index contributed by atoms with van der Waals surface area (Å²) in [7, 11) is 0. The fourth-order valence-electron chi connectivity index (χ4n) is 2.37. The van der Waals surface area contributed by atoms with E-state index in [1.165, 1.54) is 0 Å². The first kappa shape index (κ1) is 15.1.